The van der Waals surface area contributed by atoms with E-state index in [0.717, 1.165) is 71.7 Å². The molecule has 7 heteroatoms. The normalized spacial score (nSPS) is 26.9. The number of benzene rings is 1. The lowest BCUT2D eigenvalue weighted by atomic mass is 10.0. The summed E-state index contributed by atoms with van der Waals surface area (Å²) in [6, 6.07) is 10.8. The summed E-state index contributed by atoms with van der Waals surface area (Å²) < 4.78 is 5.38. The van der Waals surface area contributed by atoms with Gasteiger partial charge in [0.05, 0.1) is 25.4 Å². The van der Waals surface area contributed by atoms with Gasteiger partial charge in [0.1, 0.15) is 0 Å². The Morgan fingerprint density at radius 2 is 1.81 bits per heavy atom. The Balaban J connectivity index is 1.20. The van der Waals surface area contributed by atoms with Gasteiger partial charge in [-0.2, -0.15) is 0 Å². The number of nitrogens with one attached hydrogen (secondary N) is 1. The second-order valence-electron chi connectivity index (χ2n) is 9.19. The molecule has 2 atom stereocenters. The van der Waals surface area contributed by atoms with E-state index < -0.39 is 6.10 Å². The van der Waals surface area contributed by atoms with Gasteiger partial charge in [0.25, 0.3) is 0 Å². The molecule has 1 aromatic carbocycles. The van der Waals surface area contributed by atoms with Crippen molar-refractivity contribution in [3.8, 4) is 0 Å². The summed E-state index contributed by atoms with van der Waals surface area (Å²) >= 11 is 0. The fourth-order valence-electron chi connectivity index (χ4n) is 5.21. The summed E-state index contributed by atoms with van der Waals surface area (Å²) in [5.74, 6) is 0.0882. The van der Waals surface area contributed by atoms with Crippen LogP contribution in [0.25, 0.3) is 0 Å². The van der Waals surface area contributed by atoms with Crippen molar-refractivity contribution in [3.63, 3.8) is 0 Å². The van der Waals surface area contributed by atoms with E-state index in [9.17, 15) is 9.90 Å². The minimum absolute atomic E-state index is 0.0882. The Labute approximate surface area is 186 Å². The standard InChI is InChI=1S/C24H38N4O3/c29-22-17-23(24(30)25-9-4-10-26-13-15-31-16-14-26)28(19-22)21-7-11-27(12-8-21)18-20-5-2-1-3-6-20/h1-3,5-6,21-23,29H,4,7-19H2,(H,25,30)/t22-,23+/m1/s1. The number of hydrogen-bond acceptors (Lipinski definition) is 6. The Hall–Kier alpha value is -1.51. The van der Waals surface area contributed by atoms with Crippen molar-refractivity contribution in [2.75, 3.05) is 59.0 Å². The number of amides is 1. The Bertz CT molecular complexity index is 675. The van der Waals surface area contributed by atoms with Crippen molar-refractivity contribution >= 4 is 5.91 Å². The molecular weight excluding hydrogens is 392 g/mol. The van der Waals surface area contributed by atoms with Crippen LogP contribution in [0.1, 0.15) is 31.2 Å². The van der Waals surface area contributed by atoms with E-state index >= 15 is 0 Å². The van der Waals surface area contributed by atoms with E-state index in [2.05, 4.69) is 50.3 Å². The van der Waals surface area contributed by atoms with Crippen LogP contribution >= 0.6 is 0 Å². The van der Waals surface area contributed by atoms with E-state index in [-0.39, 0.29) is 11.9 Å². The molecule has 172 valence electrons. The number of aliphatic hydroxyl groups is 1. The lowest BCUT2D eigenvalue weighted by Crippen LogP contribution is -2.51. The first-order chi connectivity index (χ1) is 15.2. The average molecular weight is 431 g/mol. The predicted molar refractivity (Wildman–Crippen MR) is 121 cm³/mol. The summed E-state index contributed by atoms with van der Waals surface area (Å²) in [5, 5.41) is 13.4. The van der Waals surface area contributed by atoms with Gasteiger partial charge in [-0.05, 0) is 50.9 Å². The summed E-state index contributed by atoms with van der Waals surface area (Å²) in [4.78, 5) is 20.1. The van der Waals surface area contributed by atoms with Crippen molar-refractivity contribution in [2.24, 2.45) is 0 Å². The highest BCUT2D eigenvalue weighted by atomic mass is 16.5. The van der Waals surface area contributed by atoms with Gasteiger partial charge < -0.3 is 15.2 Å². The second-order valence-corrected chi connectivity index (χ2v) is 9.19. The quantitative estimate of drug-likeness (QED) is 0.598. The van der Waals surface area contributed by atoms with Crippen LogP contribution in [0.5, 0.6) is 0 Å². The highest BCUT2D eigenvalue weighted by Crippen LogP contribution is 2.27. The number of carbonyl (C=O) groups excluding carboxylic acids is 1. The molecule has 0 unspecified atom stereocenters. The molecule has 3 aliphatic heterocycles. The zero-order valence-electron chi connectivity index (χ0n) is 18.6. The van der Waals surface area contributed by atoms with Gasteiger partial charge in [0.15, 0.2) is 0 Å². The van der Waals surface area contributed by atoms with Crippen LogP contribution in [0.3, 0.4) is 0 Å². The molecule has 3 heterocycles. The molecule has 3 saturated heterocycles. The van der Waals surface area contributed by atoms with Gasteiger partial charge in [0.2, 0.25) is 5.91 Å². The molecule has 3 fully saturated rings. The molecule has 0 bridgehead atoms. The number of ether oxygens (including phenoxy) is 1. The number of aliphatic hydroxyl groups excluding tert-OH is 1. The van der Waals surface area contributed by atoms with Crippen LogP contribution in [0.2, 0.25) is 0 Å². The van der Waals surface area contributed by atoms with Gasteiger partial charge >= 0.3 is 0 Å². The molecular formula is C24H38N4O3. The molecule has 0 radical (unpaired) electrons. The fourth-order valence-corrected chi connectivity index (χ4v) is 5.21. The smallest absolute Gasteiger partial charge is 0.237 e. The van der Waals surface area contributed by atoms with Crippen molar-refractivity contribution in [3.05, 3.63) is 35.9 Å². The van der Waals surface area contributed by atoms with E-state index in [0.29, 0.717) is 25.6 Å². The van der Waals surface area contributed by atoms with Crippen LogP contribution < -0.4 is 5.32 Å². The van der Waals surface area contributed by atoms with E-state index in [1.165, 1.54) is 5.56 Å². The lowest BCUT2D eigenvalue weighted by molar-refractivity contribution is -0.126. The van der Waals surface area contributed by atoms with Crippen LogP contribution in [-0.2, 0) is 16.1 Å². The molecule has 31 heavy (non-hydrogen) atoms. The highest BCUT2D eigenvalue weighted by molar-refractivity contribution is 5.82. The maximum absolute atomic E-state index is 12.9. The zero-order valence-corrected chi connectivity index (χ0v) is 18.6. The van der Waals surface area contributed by atoms with E-state index in [4.69, 9.17) is 4.74 Å². The Kier molecular flexibility index (Phi) is 8.33. The number of likely N-dealkylation sites (tertiary alicyclic amines) is 2. The third-order valence-electron chi connectivity index (χ3n) is 6.95. The lowest BCUT2D eigenvalue weighted by Gasteiger charge is -2.39. The molecule has 0 aliphatic carbocycles. The summed E-state index contributed by atoms with van der Waals surface area (Å²) in [6.45, 7) is 8.99. The summed E-state index contributed by atoms with van der Waals surface area (Å²) in [5.41, 5.74) is 1.35. The molecule has 0 aromatic heterocycles. The Morgan fingerprint density at radius 1 is 1.06 bits per heavy atom. The predicted octanol–water partition coefficient (Wildman–Crippen LogP) is 0.925. The second kappa shape index (κ2) is 11.4. The van der Waals surface area contributed by atoms with Gasteiger partial charge in [-0.25, -0.2) is 0 Å². The summed E-state index contributed by atoms with van der Waals surface area (Å²) in [6.07, 6.45) is 3.23. The van der Waals surface area contributed by atoms with Crippen molar-refractivity contribution in [2.45, 2.75) is 50.4 Å². The largest absolute Gasteiger partial charge is 0.392 e. The molecule has 4 rings (SSSR count). The molecule has 2 N–H and O–H groups in total. The third kappa shape index (κ3) is 6.49. The number of rotatable bonds is 8. The number of β-amino-alcohol motifs (C(OH)–C–C–N with tert-alkyl or cyclic N) is 1. The first-order valence-electron chi connectivity index (χ1n) is 12.0. The first kappa shape index (κ1) is 22.7. The van der Waals surface area contributed by atoms with Crippen molar-refractivity contribution < 1.29 is 14.6 Å². The zero-order chi connectivity index (χ0) is 21.5. The van der Waals surface area contributed by atoms with Gasteiger partial charge in [0, 0.05) is 38.8 Å². The van der Waals surface area contributed by atoms with Crippen molar-refractivity contribution in [1.82, 2.24) is 20.0 Å². The van der Waals surface area contributed by atoms with Crippen LogP contribution in [0, 0.1) is 0 Å². The van der Waals surface area contributed by atoms with Crippen LogP contribution in [0.4, 0.5) is 0 Å². The van der Waals surface area contributed by atoms with Gasteiger partial charge in [-0.15, -0.1) is 0 Å². The SMILES string of the molecule is O=C(NCCCN1CCOCC1)[C@@H]1C[C@@H](O)CN1C1CCN(Cc2ccccc2)CC1. The first-order valence-corrected chi connectivity index (χ1v) is 12.0. The minimum Gasteiger partial charge on any atom is -0.392 e. The molecule has 7 nitrogen and oxygen atoms in total. The fraction of sp³-hybridized carbons (Fsp3) is 0.708. The number of morpholine rings is 1. The third-order valence-corrected chi connectivity index (χ3v) is 6.95. The molecule has 3 aliphatic rings. The number of hydrogen-bond donors (Lipinski definition) is 2. The van der Waals surface area contributed by atoms with Crippen molar-refractivity contribution in [1.29, 1.82) is 0 Å². The topological polar surface area (TPSA) is 68.3 Å². The van der Waals surface area contributed by atoms with E-state index in [1.54, 1.807) is 0 Å². The molecule has 1 amide bonds. The molecule has 0 spiro atoms. The highest BCUT2D eigenvalue weighted by Gasteiger charge is 2.40. The van der Waals surface area contributed by atoms with Crippen LogP contribution in [-0.4, -0.2) is 103 Å². The van der Waals surface area contributed by atoms with Crippen LogP contribution in [0.15, 0.2) is 30.3 Å². The summed E-state index contributed by atoms with van der Waals surface area (Å²) in [7, 11) is 0. The Morgan fingerprint density at radius 3 is 2.55 bits per heavy atom. The minimum atomic E-state index is -0.397. The maximum atomic E-state index is 12.9. The maximum Gasteiger partial charge on any atom is 0.237 e. The monoisotopic (exact) mass is 430 g/mol. The van der Waals surface area contributed by atoms with E-state index in [1.807, 2.05) is 0 Å². The number of carbonyl (C=O) groups is 1. The average Bonchev–Trinajstić information content (AvgIpc) is 3.20. The molecule has 0 saturated carbocycles. The number of piperidine rings is 1. The van der Waals surface area contributed by atoms with Gasteiger partial charge in [-0.3, -0.25) is 19.5 Å². The van der Waals surface area contributed by atoms with Gasteiger partial charge in [-0.1, -0.05) is 30.3 Å². The molecule has 1 aromatic rings. The number of nitrogens with zero attached hydrogens (tertiary/aromatic N) is 3.